The molecule has 0 heterocycles. The lowest BCUT2D eigenvalue weighted by molar-refractivity contribution is -0.185. The Balaban J connectivity index is 1.40. The molecule has 0 bridgehead atoms. The number of benzene rings is 1. The van der Waals surface area contributed by atoms with Crippen LogP contribution in [0.4, 0.5) is 0 Å². The van der Waals surface area contributed by atoms with Gasteiger partial charge in [-0.25, -0.2) is 0 Å². The highest BCUT2D eigenvalue weighted by Crippen LogP contribution is 2.68. The minimum absolute atomic E-state index is 0.0190. The summed E-state index contributed by atoms with van der Waals surface area (Å²) in [6, 6.07) is 10.1. The van der Waals surface area contributed by atoms with Gasteiger partial charge < -0.3 is 14.5 Å². The van der Waals surface area contributed by atoms with Crippen LogP contribution in [0.15, 0.2) is 30.3 Å². The van der Waals surface area contributed by atoms with E-state index in [1.165, 1.54) is 39.0 Å². The third-order valence-electron chi connectivity index (χ3n) is 12.3. The number of nitrogens with zero attached hydrogens (tertiary/aromatic N) is 2. The Bertz CT molecular complexity index is 1030. The van der Waals surface area contributed by atoms with Gasteiger partial charge in [0, 0.05) is 31.5 Å². The molecule has 0 N–H and O–H groups in total. The predicted octanol–water partition coefficient (Wildman–Crippen LogP) is 6.28. The Labute approximate surface area is 230 Å². The normalized spacial score (nSPS) is 41.0. The molecule has 5 heteroatoms. The molecule has 1 amide bonds. The van der Waals surface area contributed by atoms with Crippen LogP contribution in [0.25, 0.3) is 0 Å². The molecule has 4 aliphatic carbocycles. The van der Waals surface area contributed by atoms with Gasteiger partial charge in [-0.1, -0.05) is 32.0 Å². The van der Waals surface area contributed by atoms with Gasteiger partial charge in [0.2, 0.25) is 0 Å². The number of ether oxygens (including phenoxy) is 1. The maximum atomic E-state index is 13.4. The number of rotatable bonds is 5. The zero-order valence-corrected chi connectivity index (χ0v) is 24.8. The predicted molar refractivity (Wildman–Crippen MR) is 152 cm³/mol. The third-order valence-corrected chi connectivity index (χ3v) is 12.3. The van der Waals surface area contributed by atoms with Crippen LogP contribution in [0.2, 0.25) is 0 Å². The van der Waals surface area contributed by atoms with Gasteiger partial charge >= 0.3 is 5.97 Å². The van der Waals surface area contributed by atoms with Crippen LogP contribution in [0.5, 0.6) is 0 Å². The summed E-state index contributed by atoms with van der Waals surface area (Å²) in [6.07, 6.45) is 9.42. The van der Waals surface area contributed by atoms with E-state index in [4.69, 9.17) is 4.74 Å². The lowest BCUT2D eigenvalue weighted by Gasteiger charge is -2.63. The smallest absolute Gasteiger partial charge is 0.302 e. The molecule has 0 spiro atoms. The van der Waals surface area contributed by atoms with Crippen LogP contribution in [-0.4, -0.2) is 61.0 Å². The van der Waals surface area contributed by atoms with E-state index in [1.807, 2.05) is 42.3 Å². The molecule has 38 heavy (non-hydrogen) atoms. The molecule has 0 aliphatic heterocycles. The van der Waals surface area contributed by atoms with E-state index < -0.39 is 0 Å². The summed E-state index contributed by atoms with van der Waals surface area (Å²) in [5, 5.41) is 0. The molecule has 0 unspecified atom stereocenters. The zero-order valence-electron chi connectivity index (χ0n) is 24.8. The number of fused-ring (bicyclic) bond motifs is 5. The second-order valence-corrected chi connectivity index (χ2v) is 14.0. The summed E-state index contributed by atoms with van der Waals surface area (Å²) < 4.78 is 6.17. The number of carbonyl (C=O) groups excluding carboxylic acids is 2. The van der Waals surface area contributed by atoms with Gasteiger partial charge in [0.15, 0.2) is 0 Å². The molecule has 4 aliphatic rings. The van der Waals surface area contributed by atoms with E-state index in [0.29, 0.717) is 28.9 Å². The van der Waals surface area contributed by atoms with E-state index in [0.717, 1.165) is 37.0 Å². The average Bonchev–Trinajstić information content (AvgIpc) is 3.24. The first-order valence-corrected chi connectivity index (χ1v) is 15.1. The number of likely N-dealkylation sites (N-methyl/N-ethyl adjacent to an activating group) is 1. The van der Waals surface area contributed by atoms with Gasteiger partial charge in [0.05, 0.1) is 6.04 Å². The molecular formula is C33H50N2O3. The Morgan fingerprint density at radius 2 is 1.50 bits per heavy atom. The van der Waals surface area contributed by atoms with Crippen molar-refractivity contribution in [3.8, 4) is 0 Å². The SMILES string of the molecule is CC(=O)O[C@H]1[C@H](N(C)C(=O)c2ccccc2)CC[C@]2(C)[C@H]3CC[C@]4(C)[C@@H]([C@H](C)N(C)C)CC[C@H]4[C@@H]3CC[C@@H]12. The quantitative estimate of drug-likeness (QED) is 0.427. The number of hydrogen-bond donors (Lipinski definition) is 0. The fourth-order valence-corrected chi connectivity index (χ4v) is 10.2. The monoisotopic (exact) mass is 522 g/mol. The average molecular weight is 523 g/mol. The molecule has 4 saturated carbocycles. The van der Waals surface area contributed by atoms with Crippen molar-refractivity contribution in [2.24, 2.45) is 40.4 Å². The first-order chi connectivity index (χ1) is 18.0. The largest absolute Gasteiger partial charge is 0.460 e. The molecule has 4 fully saturated rings. The molecule has 210 valence electrons. The van der Waals surface area contributed by atoms with Crippen molar-refractivity contribution in [2.45, 2.75) is 97.2 Å². The highest BCUT2D eigenvalue weighted by Gasteiger charge is 2.63. The van der Waals surface area contributed by atoms with Crippen LogP contribution in [-0.2, 0) is 9.53 Å². The van der Waals surface area contributed by atoms with Crippen molar-refractivity contribution in [1.82, 2.24) is 9.80 Å². The summed E-state index contributed by atoms with van der Waals surface area (Å²) in [4.78, 5) is 30.1. The lowest BCUT2D eigenvalue weighted by Crippen LogP contribution is -2.62. The van der Waals surface area contributed by atoms with Crippen LogP contribution < -0.4 is 0 Å². The van der Waals surface area contributed by atoms with Crippen molar-refractivity contribution in [3.05, 3.63) is 35.9 Å². The fraction of sp³-hybridized carbons (Fsp3) is 0.758. The second-order valence-electron chi connectivity index (χ2n) is 14.0. The second kappa shape index (κ2) is 10.3. The van der Waals surface area contributed by atoms with Crippen LogP contribution in [0, 0.1) is 40.4 Å². The fourth-order valence-electron chi connectivity index (χ4n) is 10.2. The Morgan fingerprint density at radius 1 is 0.868 bits per heavy atom. The maximum absolute atomic E-state index is 13.4. The number of hydrogen-bond acceptors (Lipinski definition) is 4. The summed E-state index contributed by atoms with van der Waals surface area (Å²) in [6.45, 7) is 9.09. The number of amides is 1. The topological polar surface area (TPSA) is 49.9 Å². The first kappa shape index (κ1) is 27.7. The van der Waals surface area contributed by atoms with E-state index in [-0.39, 0.29) is 29.4 Å². The van der Waals surface area contributed by atoms with Crippen LogP contribution >= 0.6 is 0 Å². The summed E-state index contributed by atoms with van der Waals surface area (Å²) in [5.74, 6) is 3.13. The Hall–Kier alpha value is -1.88. The van der Waals surface area contributed by atoms with E-state index in [2.05, 4.69) is 39.8 Å². The van der Waals surface area contributed by atoms with Crippen molar-refractivity contribution in [3.63, 3.8) is 0 Å². The number of carbonyl (C=O) groups is 2. The molecule has 0 saturated heterocycles. The number of esters is 1. The molecule has 10 atom stereocenters. The molecule has 5 nitrogen and oxygen atoms in total. The summed E-state index contributed by atoms with van der Waals surface area (Å²) in [5.41, 5.74) is 1.29. The Morgan fingerprint density at radius 3 is 2.16 bits per heavy atom. The van der Waals surface area contributed by atoms with Gasteiger partial charge in [-0.15, -0.1) is 0 Å². The van der Waals surface area contributed by atoms with E-state index in [1.54, 1.807) is 0 Å². The molecular weight excluding hydrogens is 472 g/mol. The molecule has 0 radical (unpaired) electrons. The highest BCUT2D eigenvalue weighted by molar-refractivity contribution is 5.94. The van der Waals surface area contributed by atoms with Gasteiger partial charge in [0.25, 0.3) is 5.91 Å². The van der Waals surface area contributed by atoms with Crippen molar-refractivity contribution >= 4 is 11.9 Å². The molecule has 0 aromatic heterocycles. The van der Waals surface area contributed by atoms with Gasteiger partial charge in [0.1, 0.15) is 6.10 Å². The highest BCUT2D eigenvalue weighted by atomic mass is 16.5. The Kier molecular flexibility index (Phi) is 7.47. The maximum Gasteiger partial charge on any atom is 0.302 e. The van der Waals surface area contributed by atoms with E-state index >= 15 is 0 Å². The van der Waals surface area contributed by atoms with Crippen molar-refractivity contribution in [2.75, 3.05) is 21.1 Å². The standard InChI is InChI=1S/C33H50N2O3/c1-21(34(5)6)25-15-16-26-24-13-14-28-30(38-22(2)36)29(35(7)31(37)23-11-9-8-10-12-23)18-20-33(28,4)27(24)17-19-32(25,26)3/h8-12,21,24-30H,13-20H2,1-7H3/t21-,24-,25+,26-,27-,28-,29+,30+,32+,33+/m0/s1. The summed E-state index contributed by atoms with van der Waals surface area (Å²) in [7, 11) is 6.39. The zero-order chi connectivity index (χ0) is 27.4. The van der Waals surface area contributed by atoms with Crippen LogP contribution in [0.3, 0.4) is 0 Å². The third kappa shape index (κ3) is 4.41. The molecule has 1 aromatic rings. The van der Waals surface area contributed by atoms with Gasteiger partial charge in [-0.2, -0.15) is 0 Å². The minimum atomic E-state index is -0.233. The van der Waals surface area contributed by atoms with Crippen LogP contribution in [0.1, 0.15) is 89.4 Å². The lowest BCUT2D eigenvalue weighted by atomic mass is 9.44. The van der Waals surface area contributed by atoms with Gasteiger partial charge in [-0.3, -0.25) is 9.59 Å². The van der Waals surface area contributed by atoms with E-state index in [9.17, 15) is 9.59 Å². The van der Waals surface area contributed by atoms with Crippen molar-refractivity contribution in [1.29, 1.82) is 0 Å². The van der Waals surface area contributed by atoms with Gasteiger partial charge in [-0.05, 0) is 119 Å². The first-order valence-electron chi connectivity index (χ1n) is 15.1. The minimum Gasteiger partial charge on any atom is -0.460 e. The van der Waals surface area contributed by atoms with Crippen molar-refractivity contribution < 1.29 is 14.3 Å². The molecule has 1 aromatic carbocycles. The summed E-state index contributed by atoms with van der Waals surface area (Å²) >= 11 is 0. The molecule has 5 rings (SSSR count).